The number of para-hydroxylation sites is 2. The van der Waals surface area contributed by atoms with Crippen LogP contribution in [0.4, 0.5) is 5.69 Å². The van der Waals surface area contributed by atoms with Crippen molar-refractivity contribution in [1.82, 2.24) is 4.90 Å². The number of rotatable bonds is 7. The number of nitrogens with zero attached hydrogens (tertiary/aromatic N) is 1. The Bertz CT molecular complexity index is 912. The molecule has 0 saturated carbocycles. The van der Waals surface area contributed by atoms with Gasteiger partial charge >= 0.3 is 5.97 Å². The van der Waals surface area contributed by atoms with E-state index in [4.69, 9.17) is 14.2 Å². The zero-order valence-electron chi connectivity index (χ0n) is 16.9. The summed E-state index contributed by atoms with van der Waals surface area (Å²) in [6, 6.07) is 13.6. The molecule has 2 aromatic rings. The van der Waals surface area contributed by atoms with Crippen molar-refractivity contribution >= 4 is 23.5 Å². The van der Waals surface area contributed by atoms with Crippen molar-refractivity contribution in [3.05, 3.63) is 54.1 Å². The van der Waals surface area contributed by atoms with E-state index >= 15 is 0 Å². The lowest BCUT2D eigenvalue weighted by Crippen LogP contribution is -2.45. The van der Waals surface area contributed by atoms with Crippen molar-refractivity contribution in [2.45, 2.75) is 20.0 Å². The Morgan fingerprint density at radius 1 is 1.10 bits per heavy atom. The Kier molecular flexibility index (Phi) is 6.90. The number of nitrogens with one attached hydrogen (secondary N) is 1. The SMILES string of the molecule is CCN(C[C@H]1COc2ccccc2O1)C(=O)COC(=O)c1ccc(NC(C)=O)cc1. The summed E-state index contributed by atoms with van der Waals surface area (Å²) in [5.41, 5.74) is 0.865. The highest BCUT2D eigenvalue weighted by Gasteiger charge is 2.25. The van der Waals surface area contributed by atoms with Crippen LogP contribution in [-0.2, 0) is 14.3 Å². The molecule has 1 heterocycles. The molecule has 0 fully saturated rings. The Hall–Kier alpha value is -3.55. The standard InChI is InChI=1S/C22H24N2O6/c1-3-24(12-18-13-28-19-6-4-5-7-20(19)30-18)21(26)14-29-22(27)16-8-10-17(11-9-16)23-15(2)25/h4-11,18H,3,12-14H2,1-2H3,(H,23,25)/t18-/m0/s1. The molecule has 0 aliphatic carbocycles. The van der Waals surface area contributed by atoms with Crippen LogP contribution in [0.1, 0.15) is 24.2 Å². The maximum atomic E-state index is 12.5. The minimum absolute atomic E-state index is 0.202. The minimum atomic E-state index is -0.611. The predicted octanol–water partition coefficient (Wildman–Crippen LogP) is 2.49. The van der Waals surface area contributed by atoms with Crippen molar-refractivity contribution in [2.75, 3.05) is 31.6 Å². The van der Waals surface area contributed by atoms with E-state index in [9.17, 15) is 14.4 Å². The summed E-state index contributed by atoms with van der Waals surface area (Å²) in [5, 5.41) is 2.61. The second kappa shape index (κ2) is 9.78. The molecule has 3 rings (SSSR count). The number of hydrogen-bond acceptors (Lipinski definition) is 6. The van der Waals surface area contributed by atoms with Crippen molar-refractivity contribution in [2.24, 2.45) is 0 Å². The summed E-state index contributed by atoms with van der Waals surface area (Å²) < 4.78 is 16.7. The molecule has 158 valence electrons. The van der Waals surface area contributed by atoms with Crippen molar-refractivity contribution in [3.8, 4) is 11.5 Å². The molecule has 2 aromatic carbocycles. The van der Waals surface area contributed by atoms with Gasteiger partial charge in [-0.25, -0.2) is 4.79 Å². The van der Waals surface area contributed by atoms with E-state index in [0.29, 0.717) is 42.4 Å². The van der Waals surface area contributed by atoms with E-state index in [-0.39, 0.29) is 24.5 Å². The van der Waals surface area contributed by atoms with Crippen LogP contribution in [-0.4, -0.2) is 55.1 Å². The lowest BCUT2D eigenvalue weighted by atomic mass is 10.2. The van der Waals surface area contributed by atoms with E-state index in [1.54, 1.807) is 17.0 Å². The molecule has 1 N–H and O–H groups in total. The normalized spacial score (nSPS) is 14.5. The number of carbonyl (C=O) groups excluding carboxylic acids is 3. The molecule has 0 aromatic heterocycles. The summed E-state index contributed by atoms with van der Waals surface area (Å²) in [6.45, 7) is 3.98. The number of amides is 2. The Labute approximate surface area is 174 Å². The molecule has 0 radical (unpaired) electrons. The first-order valence-electron chi connectivity index (χ1n) is 9.67. The second-order valence-corrected chi connectivity index (χ2v) is 6.76. The molecule has 8 nitrogen and oxygen atoms in total. The molecule has 2 amide bonds. The van der Waals surface area contributed by atoms with Gasteiger partial charge in [0, 0.05) is 19.2 Å². The highest BCUT2D eigenvalue weighted by Crippen LogP contribution is 2.31. The van der Waals surface area contributed by atoms with Gasteiger partial charge in [0.25, 0.3) is 5.91 Å². The number of benzene rings is 2. The monoisotopic (exact) mass is 412 g/mol. The smallest absolute Gasteiger partial charge is 0.338 e. The number of carbonyl (C=O) groups is 3. The maximum Gasteiger partial charge on any atom is 0.338 e. The third-order valence-electron chi connectivity index (χ3n) is 4.49. The fraction of sp³-hybridized carbons (Fsp3) is 0.318. The summed E-state index contributed by atoms with van der Waals surface area (Å²) in [5.74, 6) is 0.197. The third-order valence-corrected chi connectivity index (χ3v) is 4.49. The molecular weight excluding hydrogens is 388 g/mol. The largest absolute Gasteiger partial charge is 0.486 e. The molecule has 0 saturated heterocycles. The van der Waals surface area contributed by atoms with Crippen molar-refractivity contribution < 1.29 is 28.6 Å². The molecular formula is C22H24N2O6. The lowest BCUT2D eigenvalue weighted by molar-refractivity contribution is -0.135. The number of hydrogen-bond donors (Lipinski definition) is 1. The van der Waals surface area contributed by atoms with E-state index in [0.717, 1.165) is 0 Å². The molecule has 30 heavy (non-hydrogen) atoms. The van der Waals surface area contributed by atoms with Crippen molar-refractivity contribution in [1.29, 1.82) is 0 Å². The molecule has 1 atom stereocenters. The van der Waals surface area contributed by atoms with Gasteiger partial charge in [-0.05, 0) is 43.3 Å². The Morgan fingerprint density at radius 3 is 2.47 bits per heavy atom. The van der Waals surface area contributed by atoms with Crippen LogP contribution in [0.2, 0.25) is 0 Å². The van der Waals surface area contributed by atoms with Gasteiger partial charge < -0.3 is 24.4 Å². The second-order valence-electron chi connectivity index (χ2n) is 6.76. The van der Waals surface area contributed by atoms with Crippen molar-refractivity contribution in [3.63, 3.8) is 0 Å². The van der Waals surface area contributed by atoms with Crippen LogP contribution >= 0.6 is 0 Å². The molecule has 1 aliphatic rings. The summed E-state index contributed by atoms with van der Waals surface area (Å²) >= 11 is 0. The van der Waals surface area contributed by atoms with E-state index < -0.39 is 5.97 Å². The Morgan fingerprint density at radius 2 is 1.80 bits per heavy atom. The molecule has 8 heteroatoms. The van der Waals surface area contributed by atoms with Crippen LogP contribution in [0.15, 0.2) is 48.5 Å². The number of esters is 1. The van der Waals surface area contributed by atoms with Gasteiger partial charge in [0.2, 0.25) is 5.91 Å². The summed E-state index contributed by atoms with van der Waals surface area (Å²) in [6.07, 6.45) is -0.305. The topological polar surface area (TPSA) is 94.2 Å². The first-order valence-corrected chi connectivity index (χ1v) is 9.67. The van der Waals surface area contributed by atoms with Gasteiger partial charge in [-0.1, -0.05) is 12.1 Å². The van der Waals surface area contributed by atoms with E-state index in [1.165, 1.54) is 19.1 Å². The minimum Gasteiger partial charge on any atom is -0.486 e. The van der Waals surface area contributed by atoms with Crippen LogP contribution in [0.5, 0.6) is 11.5 Å². The predicted molar refractivity (Wildman–Crippen MR) is 110 cm³/mol. The average Bonchev–Trinajstić information content (AvgIpc) is 2.75. The summed E-state index contributed by atoms with van der Waals surface area (Å²) in [4.78, 5) is 37.3. The van der Waals surface area contributed by atoms with Gasteiger partial charge in [-0.2, -0.15) is 0 Å². The number of anilines is 1. The number of fused-ring (bicyclic) bond motifs is 1. The van der Waals surface area contributed by atoms with Crippen LogP contribution in [0, 0.1) is 0 Å². The van der Waals surface area contributed by atoms with Gasteiger partial charge in [0.05, 0.1) is 12.1 Å². The highest BCUT2D eigenvalue weighted by molar-refractivity contribution is 5.93. The van der Waals surface area contributed by atoms with Gasteiger partial charge in [-0.3, -0.25) is 9.59 Å². The Balaban J connectivity index is 1.50. The van der Waals surface area contributed by atoms with Gasteiger partial charge in [-0.15, -0.1) is 0 Å². The fourth-order valence-corrected chi connectivity index (χ4v) is 3.00. The zero-order chi connectivity index (χ0) is 21.5. The quantitative estimate of drug-likeness (QED) is 0.703. The van der Waals surface area contributed by atoms with E-state index in [2.05, 4.69) is 5.32 Å². The third kappa shape index (κ3) is 5.50. The van der Waals surface area contributed by atoms with Crippen LogP contribution in [0.25, 0.3) is 0 Å². The first kappa shape index (κ1) is 21.2. The number of likely N-dealkylation sites (N-methyl/N-ethyl adjacent to an activating group) is 1. The number of ether oxygens (including phenoxy) is 3. The highest BCUT2D eigenvalue weighted by atomic mass is 16.6. The molecule has 0 spiro atoms. The van der Waals surface area contributed by atoms with Crippen LogP contribution < -0.4 is 14.8 Å². The molecule has 0 unspecified atom stereocenters. The molecule has 0 bridgehead atoms. The lowest BCUT2D eigenvalue weighted by Gasteiger charge is -2.30. The van der Waals surface area contributed by atoms with Gasteiger partial charge in [0.1, 0.15) is 6.61 Å². The fourth-order valence-electron chi connectivity index (χ4n) is 3.00. The zero-order valence-corrected chi connectivity index (χ0v) is 16.9. The van der Waals surface area contributed by atoms with E-state index in [1.807, 2.05) is 31.2 Å². The van der Waals surface area contributed by atoms with Gasteiger partial charge in [0.15, 0.2) is 24.2 Å². The maximum absolute atomic E-state index is 12.5. The average molecular weight is 412 g/mol. The summed E-state index contributed by atoms with van der Waals surface area (Å²) in [7, 11) is 0. The molecule has 1 aliphatic heterocycles. The first-order chi connectivity index (χ1) is 14.5. The van der Waals surface area contributed by atoms with Crippen LogP contribution in [0.3, 0.4) is 0 Å².